The van der Waals surface area contributed by atoms with E-state index in [1.165, 1.54) is 0 Å². The number of pyridine rings is 1. The van der Waals surface area contributed by atoms with Crippen LogP contribution in [0.25, 0.3) is 0 Å². The monoisotopic (exact) mass is 330 g/mol. The summed E-state index contributed by atoms with van der Waals surface area (Å²) in [5, 5.41) is 9.49. The zero-order valence-corrected chi connectivity index (χ0v) is 13.6. The molecule has 0 aromatic carbocycles. The second-order valence-corrected chi connectivity index (χ2v) is 7.06. The average Bonchev–Trinajstić information content (AvgIpc) is 3.09. The first-order chi connectivity index (χ1) is 11.1. The van der Waals surface area contributed by atoms with Gasteiger partial charge in [0.2, 0.25) is 5.91 Å². The number of aliphatic carboxylic acids is 1. The molecule has 1 aliphatic heterocycles. The van der Waals surface area contributed by atoms with Crippen LogP contribution < -0.4 is 0 Å². The van der Waals surface area contributed by atoms with Crippen LogP contribution in [-0.4, -0.2) is 33.4 Å². The number of rotatable bonds is 5. The smallest absolute Gasteiger partial charge is 0.309 e. The molecule has 1 fully saturated rings. The number of aromatic nitrogens is 1. The van der Waals surface area contributed by atoms with Gasteiger partial charge in [0.05, 0.1) is 12.0 Å². The van der Waals surface area contributed by atoms with Gasteiger partial charge < -0.3 is 10.0 Å². The van der Waals surface area contributed by atoms with Gasteiger partial charge in [-0.3, -0.25) is 14.6 Å². The molecule has 2 aromatic heterocycles. The Morgan fingerprint density at radius 3 is 2.87 bits per heavy atom. The minimum absolute atomic E-state index is 0.0734. The number of hydrogen-bond donors (Lipinski definition) is 1. The maximum Gasteiger partial charge on any atom is 0.309 e. The molecule has 1 saturated heterocycles. The number of carboxylic acid groups (broad SMARTS) is 1. The summed E-state index contributed by atoms with van der Waals surface area (Å²) in [4.78, 5) is 31.8. The molecule has 2 atom stereocenters. The topological polar surface area (TPSA) is 70.5 Å². The van der Waals surface area contributed by atoms with Gasteiger partial charge in [0.15, 0.2) is 0 Å². The second kappa shape index (κ2) is 6.50. The Morgan fingerprint density at radius 2 is 2.26 bits per heavy atom. The number of carboxylic acids is 1. The fraction of sp³-hybridized carbons (Fsp3) is 0.353. The summed E-state index contributed by atoms with van der Waals surface area (Å²) in [6.45, 7) is 2.50. The lowest BCUT2D eigenvalue weighted by Crippen LogP contribution is -2.32. The van der Waals surface area contributed by atoms with Crippen LogP contribution in [0.15, 0.2) is 36.7 Å². The highest BCUT2D eigenvalue weighted by molar-refractivity contribution is 7.12. The number of aryl methyl sites for hydroxylation is 1. The zero-order valence-electron chi connectivity index (χ0n) is 12.8. The molecule has 0 unspecified atom stereocenters. The Balaban J connectivity index is 1.83. The summed E-state index contributed by atoms with van der Waals surface area (Å²) >= 11 is 1.56. The van der Waals surface area contributed by atoms with Crippen LogP contribution in [0.5, 0.6) is 0 Å². The highest BCUT2D eigenvalue weighted by atomic mass is 32.1. The lowest BCUT2D eigenvalue weighted by atomic mass is 9.99. The molecule has 3 heterocycles. The van der Waals surface area contributed by atoms with Crippen molar-refractivity contribution >= 4 is 23.2 Å². The molecule has 0 aliphatic carbocycles. The summed E-state index contributed by atoms with van der Waals surface area (Å²) in [6, 6.07) is 7.38. The van der Waals surface area contributed by atoms with E-state index in [2.05, 4.69) is 4.98 Å². The third-order valence-corrected chi connectivity index (χ3v) is 5.24. The number of likely N-dealkylation sites (tertiary alicyclic amines) is 1. The van der Waals surface area contributed by atoms with Gasteiger partial charge in [-0.25, -0.2) is 0 Å². The summed E-state index contributed by atoms with van der Waals surface area (Å²) in [5.41, 5.74) is 1.04. The highest BCUT2D eigenvalue weighted by Gasteiger charge is 2.44. The molecule has 120 valence electrons. The van der Waals surface area contributed by atoms with Gasteiger partial charge in [0.25, 0.3) is 0 Å². The number of amides is 1. The van der Waals surface area contributed by atoms with E-state index in [1.54, 1.807) is 28.6 Å². The Hall–Kier alpha value is -2.21. The minimum atomic E-state index is -0.904. The van der Waals surface area contributed by atoms with Crippen molar-refractivity contribution in [2.24, 2.45) is 5.92 Å². The lowest BCUT2D eigenvalue weighted by molar-refractivity contribution is -0.142. The first-order valence-corrected chi connectivity index (χ1v) is 8.35. The van der Waals surface area contributed by atoms with Gasteiger partial charge in [0.1, 0.15) is 0 Å². The van der Waals surface area contributed by atoms with E-state index in [4.69, 9.17) is 0 Å². The van der Waals surface area contributed by atoms with E-state index in [9.17, 15) is 14.7 Å². The quantitative estimate of drug-likeness (QED) is 0.915. The van der Waals surface area contributed by atoms with Crippen LogP contribution in [0.1, 0.15) is 27.8 Å². The van der Waals surface area contributed by atoms with E-state index in [0.29, 0.717) is 13.0 Å². The van der Waals surface area contributed by atoms with Crippen LogP contribution in [0.2, 0.25) is 0 Å². The van der Waals surface area contributed by atoms with Crippen molar-refractivity contribution in [3.63, 3.8) is 0 Å². The van der Waals surface area contributed by atoms with E-state index in [-0.39, 0.29) is 18.4 Å². The lowest BCUT2D eigenvalue weighted by Gasteiger charge is -2.26. The molecule has 1 aliphatic rings. The van der Waals surface area contributed by atoms with Crippen LogP contribution in [0.3, 0.4) is 0 Å². The Kier molecular flexibility index (Phi) is 4.43. The number of carbonyl (C=O) groups excluding carboxylic acids is 1. The van der Waals surface area contributed by atoms with Crippen molar-refractivity contribution in [3.8, 4) is 0 Å². The average molecular weight is 330 g/mol. The molecule has 6 heteroatoms. The molecule has 5 nitrogen and oxygen atoms in total. The Bertz CT molecular complexity index is 714. The molecule has 0 bridgehead atoms. The SMILES string of the molecule is Cc1ccc([C@H]2[C@@H](C(=O)O)CC(=O)N2CCc2cccnc2)s1. The van der Waals surface area contributed by atoms with Gasteiger partial charge in [-0.15, -0.1) is 11.3 Å². The van der Waals surface area contributed by atoms with Crippen molar-refractivity contribution in [2.75, 3.05) is 6.54 Å². The predicted octanol–water partition coefficient (Wildman–Crippen LogP) is 2.67. The number of thiophene rings is 1. The Morgan fingerprint density at radius 1 is 1.43 bits per heavy atom. The maximum absolute atomic E-state index is 12.4. The van der Waals surface area contributed by atoms with Crippen molar-refractivity contribution < 1.29 is 14.7 Å². The normalized spacial score (nSPS) is 20.9. The van der Waals surface area contributed by atoms with E-state index in [1.807, 2.05) is 31.2 Å². The largest absolute Gasteiger partial charge is 0.481 e. The molecule has 2 aromatic rings. The second-order valence-electron chi connectivity index (χ2n) is 5.74. The van der Waals surface area contributed by atoms with Gasteiger partial charge >= 0.3 is 5.97 Å². The summed E-state index contributed by atoms with van der Waals surface area (Å²) in [5.74, 6) is -1.66. The van der Waals surface area contributed by atoms with Gasteiger partial charge in [-0.05, 0) is 37.1 Å². The fourth-order valence-corrected chi connectivity index (χ4v) is 4.09. The van der Waals surface area contributed by atoms with Crippen LogP contribution >= 0.6 is 11.3 Å². The maximum atomic E-state index is 12.4. The van der Waals surface area contributed by atoms with Gasteiger partial charge in [-0.2, -0.15) is 0 Å². The molecule has 1 N–H and O–H groups in total. The minimum Gasteiger partial charge on any atom is -0.481 e. The summed E-state index contributed by atoms with van der Waals surface area (Å²) in [6.07, 6.45) is 4.23. The van der Waals surface area contributed by atoms with E-state index in [0.717, 1.165) is 15.3 Å². The molecular weight excluding hydrogens is 312 g/mol. The molecule has 3 rings (SSSR count). The summed E-state index contributed by atoms with van der Waals surface area (Å²) < 4.78 is 0. The predicted molar refractivity (Wildman–Crippen MR) is 87.2 cm³/mol. The molecule has 1 amide bonds. The van der Waals surface area contributed by atoms with E-state index < -0.39 is 11.9 Å². The standard InChI is InChI=1S/C17H18N2O3S/c1-11-4-5-14(23-11)16-13(17(21)22)9-15(20)19(16)8-6-12-3-2-7-18-10-12/h2-5,7,10,13,16H,6,8-9H2,1H3,(H,21,22)/t13-,16+/m0/s1. The highest BCUT2D eigenvalue weighted by Crippen LogP contribution is 2.41. The van der Waals surface area contributed by atoms with Crippen molar-refractivity contribution in [2.45, 2.75) is 25.8 Å². The van der Waals surface area contributed by atoms with Crippen molar-refractivity contribution in [1.29, 1.82) is 0 Å². The molecular formula is C17H18N2O3S. The van der Waals surface area contributed by atoms with Crippen molar-refractivity contribution in [1.82, 2.24) is 9.88 Å². The molecule has 0 spiro atoms. The van der Waals surface area contributed by atoms with Crippen LogP contribution in [0.4, 0.5) is 0 Å². The number of carbonyl (C=O) groups is 2. The third kappa shape index (κ3) is 3.27. The Labute approximate surface area is 138 Å². The first kappa shape index (κ1) is 15.7. The molecule has 23 heavy (non-hydrogen) atoms. The number of hydrogen-bond acceptors (Lipinski definition) is 4. The van der Waals surface area contributed by atoms with Gasteiger partial charge in [-0.1, -0.05) is 6.07 Å². The summed E-state index contributed by atoms with van der Waals surface area (Å²) in [7, 11) is 0. The third-order valence-electron chi connectivity index (χ3n) is 4.17. The fourth-order valence-electron chi connectivity index (χ4n) is 3.04. The zero-order chi connectivity index (χ0) is 16.4. The molecule has 0 saturated carbocycles. The van der Waals surface area contributed by atoms with Gasteiger partial charge in [0, 0.05) is 35.1 Å². The first-order valence-electron chi connectivity index (χ1n) is 7.54. The van der Waals surface area contributed by atoms with Crippen LogP contribution in [-0.2, 0) is 16.0 Å². The van der Waals surface area contributed by atoms with Crippen LogP contribution in [0, 0.1) is 12.8 Å². The molecule has 0 radical (unpaired) electrons. The number of nitrogens with zero attached hydrogens (tertiary/aromatic N) is 2. The van der Waals surface area contributed by atoms with Crippen molar-refractivity contribution in [3.05, 3.63) is 52.0 Å². The van der Waals surface area contributed by atoms with E-state index >= 15 is 0 Å².